The van der Waals surface area contributed by atoms with Crippen molar-refractivity contribution in [1.82, 2.24) is 4.72 Å². The lowest BCUT2D eigenvalue weighted by atomic mass is 10.3. The van der Waals surface area contributed by atoms with Crippen molar-refractivity contribution in [1.29, 1.82) is 0 Å². The van der Waals surface area contributed by atoms with Crippen LogP contribution in [-0.4, -0.2) is 37.2 Å². The van der Waals surface area contributed by atoms with E-state index in [2.05, 4.69) is 4.72 Å². The molecule has 0 aliphatic carbocycles. The van der Waals surface area contributed by atoms with Gasteiger partial charge in [0.05, 0.1) is 6.42 Å². The second-order valence-electron chi connectivity index (χ2n) is 3.83. The minimum absolute atomic E-state index is 0.0866. The summed E-state index contributed by atoms with van der Waals surface area (Å²) in [6.07, 6.45) is 0.138. The van der Waals surface area contributed by atoms with Gasteiger partial charge in [0.15, 0.2) is 0 Å². The normalized spacial score (nSPS) is 13.4. The molecule has 8 heteroatoms. The van der Waals surface area contributed by atoms with Gasteiger partial charge in [-0.15, -0.1) is 11.3 Å². The second kappa shape index (κ2) is 6.28. The van der Waals surface area contributed by atoms with Crippen molar-refractivity contribution < 1.29 is 23.4 Å². The van der Waals surface area contributed by atoms with Crippen molar-refractivity contribution in [2.24, 2.45) is 0 Å². The van der Waals surface area contributed by atoms with Gasteiger partial charge in [-0.2, -0.15) is 0 Å². The molecule has 0 spiro atoms. The SMILES string of the molecule is CC(CCO)NS(=O)(=O)c1ccc(CC(=O)O)s1. The molecule has 0 aromatic carbocycles. The van der Waals surface area contributed by atoms with E-state index < -0.39 is 16.0 Å². The van der Waals surface area contributed by atoms with Gasteiger partial charge >= 0.3 is 5.97 Å². The Bertz CT molecular complexity index is 508. The highest BCUT2D eigenvalue weighted by Gasteiger charge is 2.19. The van der Waals surface area contributed by atoms with Crippen LogP contribution in [0.3, 0.4) is 0 Å². The molecule has 1 aromatic heterocycles. The molecule has 1 unspecified atom stereocenters. The number of hydrogen-bond donors (Lipinski definition) is 3. The van der Waals surface area contributed by atoms with Crippen molar-refractivity contribution >= 4 is 27.3 Å². The Morgan fingerprint density at radius 3 is 2.72 bits per heavy atom. The molecule has 0 saturated carbocycles. The van der Waals surface area contributed by atoms with Gasteiger partial charge in [-0.1, -0.05) is 0 Å². The van der Waals surface area contributed by atoms with Crippen molar-refractivity contribution in [2.45, 2.75) is 30.0 Å². The van der Waals surface area contributed by atoms with Crippen LogP contribution in [-0.2, 0) is 21.2 Å². The van der Waals surface area contributed by atoms with E-state index >= 15 is 0 Å². The van der Waals surface area contributed by atoms with E-state index in [-0.39, 0.29) is 23.3 Å². The zero-order chi connectivity index (χ0) is 13.8. The van der Waals surface area contributed by atoms with Crippen LogP contribution in [0, 0.1) is 0 Å². The number of carbonyl (C=O) groups is 1. The van der Waals surface area contributed by atoms with Crippen molar-refractivity contribution in [3.05, 3.63) is 17.0 Å². The molecule has 3 N–H and O–H groups in total. The van der Waals surface area contributed by atoms with Gasteiger partial charge in [-0.3, -0.25) is 4.79 Å². The summed E-state index contributed by atoms with van der Waals surface area (Å²) < 4.78 is 26.3. The average Bonchev–Trinajstić information content (AvgIpc) is 2.65. The zero-order valence-corrected chi connectivity index (χ0v) is 11.4. The number of rotatable bonds is 7. The lowest BCUT2D eigenvalue weighted by Crippen LogP contribution is -2.32. The van der Waals surface area contributed by atoms with E-state index in [1.54, 1.807) is 6.92 Å². The molecule has 0 saturated heterocycles. The third-order valence-electron chi connectivity index (χ3n) is 2.15. The highest BCUT2D eigenvalue weighted by molar-refractivity contribution is 7.91. The average molecular weight is 293 g/mol. The number of hydrogen-bond acceptors (Lipinski definition) is 5. The molecule has 0 amide bonds. The fraction of sp³-hybridized carbons (Fsp3) is 0.500. The molecule has 6 nitrogen and oxygen atoms in total. The number of aliphatic hydroxyl groups is 1. The van der Waals surface area contributed by atoms with Gasteiger partial charge in [0, 0.05) is 17.5 Å². The van der Waals surface area contributed by atoms with E-state index in [1.165, 1.54) is 12.1 Å². The molecule has 1 atom stereocenters. The minimum atomic E-state index is -3.63. The number of carboxylic acids is 1. The van der Waals surface area contributed by atoms with Crippen LogP contribution in [0.2, 0.25) is 0 Å². The summed E-state index contributed by atoms with van der Waals surface area (Å²) in [5.41, 5.74) is 0. The number of aliphatic hydroxyl groups excluding tert-OH is 1. The first-order valence-electron chi connectivity index (χ1n) is 5.29. The van der Waals surface area contributed by atoms with E-state index in [1.807, 2.05) is 0 Å². The predicted molar refractivity (Wildman–Crippen MR) is 67.1 cm³/mol. The first-order valence-corrected chi connectivity index (χ1v) is 7.59. The monoisotopic (exact) mass is 293 g/mol. The summed E-state index contributed by atoms with van der Waals surface area (Å²) in [5, 5.41) is 17.3. The van der Waals surface area contributed by atoms with E-state index in [0.29, 0.717) is 11.3 Å². The third-order valence-corrected chi connectivity index (χ3v) is 5.31. The fourth-order valence-corrected chi connectivity index (χ4v) is 3.96. The van der Waals surface area contributed by atoms with Gasteiger partial charge in [0.25, 0.3) is 0 Å². The quantitative estimate of drug-likeness (QED) is 0.676. The Balaban J connectivity index is 2.79. The Hall–Kier alpha value is -0.960. The molecule has 18 heavy (non-hydrogen) atoms. The molecular formula is C10H15NO5S2. The maximum atomic E-state index is 11.9. The summed E-state index contributed by atoms with van der Waals surface area (Å²) in [5.74, 6) is -0.998. The molecular weight excluding hydrogens is 278 g/mol. The number of thiophene rings is 1. The number of nitrogens with one attached hydrogen (secondary N) is 1. The Morgan fingerprint density at radius 2 is 2.17 bits per heavy atom. The van der Waals surface area contributed by atoms with Crippen molar-refractivity contribution in [3.8, 4) is 0 Å². The molecule has 1 heterocycles. The number of aliphatic carboxylic acids is 1. The summed E-state index contributed by atoms with van der Waals surface area (Å²) in [6, 6.07) is 2.51. The van der Waals surface area contributed by atoms with Crippen LogP contribution in [0.5, 0.6) is 0 Å². The maximum Gasteiger partial charge on any atom is 0.308 e. The molecule has 1 rings (SSSR count). The summed E-state index contributed by atoms with van der Waals surface area (Å²) in [6.45, 7) is 1.55. The fourth-order valence-electron chi connectivity index (χ4n) is 1.32. The van der Waals surface area contributed by atoms with Crippen molar-refractivity contribution in [3.63, 3.8) is 0 Å². The first-order chi connectivity index (χ1) is 8.35. The smallest absolute Gasteiger partial charge is 0.308 e. The Morgan fingerprint density at radius 1 is 1.50 bits per heavy atom. The molecule has 0 aliphatic rings. The number of carboxylic acid groups (broad SMARTS) is 1. The number of sulfonamides is 1. The van der Waals surface area contributed by atoms with Crippen molar-refractivity contribution in [2.75, 3.05) is 6.61 Å². The largest absolute Gasteiger partial charge is 0.481 e. The second-order valence-corrected chi connectivity index (χ2v) is 6.94. The van der Waals surface area contributed by atoms with Gasteiger partial charge in [0.2, 0.25) is 10.0 Å². The molecule has 0 bridgehead atoms. The summed E-state index contributed by atoms with van der Waals surface area (Å²) >= 11 is 0.934. The molecule has 102 valence electrons. The summed E-state index contributed by atoms with van der Waals surface area (Å²) in [4.78, 5) is 11.0. The topological polar surface area (TPSA) is 104 Å². The summed E-state index contributed by atoms with van der Waals surface area (Å²) in [7, 11) is -3.63. The lowest BCUT2D eigenvalue weighted by Gasteiger charge is -2.11. The van der Waals surface area contributed by atoms with Crippen LogP contribution in [0.25, 0.3) is 0 Å². The van der Waals surface area contributed by atoms with Crippen LogP contribution < -0.4 is 4.72 Å². The maximum absolute atomic E-state index is 11.9. The van der Waals surface area contributed by atoms with Crippen LogP contribution in [0.1, 0.15) is 18.2 Å². The van der Waals surface area contributed by atoms with E-state index in [4.69, 9.17) is 10.2 Å². The highest BCUT2D eigenvalue weighted by Crippen LogP contribution is 2.22. The predicted octanol–water partition coefficient (Wildman–Crippen LogP) is 0.424. The van der Waals surface area contributed by atoms with E-state index in [9.17, 15) is 13.2 Å². The van der Waals surface area contributed by atoms with Gasteiger partial charge in [0.1, 0.15) is 4.21 Å². The Labute approximate surface area is 109 Å². The van der Waals surface area contributed by atoms with Gasteiger partial charge < -0.3 is 10.2 Å². The standard InChI is InChI=1S/C10H15NO5S2/c1-7(4-5-12)11-18(15,16)10-3-2-8(17-10)6-9(13)14/h2-3,7,11-12H,4-6H2,1H3,(H,13,14). The highest BCUT2D eigenvalue weighted by atomic mass is 32.2. The van der Waals surface area contributed by atoms with Gasteiger partial charge in [-0.05, 0) is 25.5 Å². The van der Waals surface area contributed by atoms with Crippen LogP contribution >= 0.6 is 11.3 Å². The Kier molecular flexibility index (Phi) is 5.27. The van der Waals surface area contributed by atoms with Crippen LogP contribution in [0.15, 0.2) is 16.3 Å². The minimum Gasteiger partial charge on any atom is -0.481 e. The van der Waals surface area contributed by atoms with Gasteiger partial charge in [-0.25, -0.2) is 13.1 Å². The zero-order valence-electron chi connectivity index (χ0n) is 9.79. The molecule has 0 radical (unpaired) electrons. The molecule has 1 aromatic rings. The molecule has 0 aliphatic heterocycles. The first kappa shape index (κ1) is 15.1. The van der Waals surface area contributed by atoms with E-state index in [0.717, 1.165) is 11.3 Å². The third kappa shape index (κ3) is 4.37. The van der Waals surface area contributed by atoms with Crippen LogP contribution in [0.4, 0.5) is 0 Å². The molecule has 0 fully saturated rings. The lowest BCUT2D eigenvalue weighted by molar-refractivity contribution is -0.136.